The highest BCUT2D eigenvalue weighted by atomic mass is 16.2. The first-order valence-electron chi connectivity index (χ1n) is 7.69. The van der Waals surface area contributed by atoms with E-state index in [1.165, 1.54) is 11.3 Å². The number of nitrogens with one attached hydrogen (secondary N) is 2. The number of hydrogen-bond donors (Lipinski definition) is 2. The van der Waals surface area contributed by atoms with Gasteiger partial charge in [0.05, 0.1) is 17.7 Å². The Labute approximate surface area is 120 Å². The number of aryl methyl sites for hydroxylation is 1. The highest BCUT2D eigenvalue weighted by Crippen LogP contribution is 2.33. The van der Waals surface area contributed by atoms with Gasteiger partial charge >= 0.3 is 0 Å². The van der Waals surface area contributed by atoms with Crippen LogP contribution in [0.15, 0.2) is 6.20 Å². The summed E-state index contributed by atoms with van der Waals surface area (Å²) in [6.07, 6.45) is 6.98. The number of carbonyl (C=O) groups is 1. The van der Waals surface area contributed by atoms with Crippen molar-refractivity contribution >= 4 is 5.91 Å². The maximum Gasteiger partial charge on any atom is 0.228 e. The van der Waals surface area contributed by atoms with Crippen LogP contribution in [-0.2, 0) is 18.3 Å². The topological polar surface area (TPSA) is 59.0 Å². The molecule has 1 amide bonds. The molecule has 20 heavy (non-hydrogen) atoms. The molecule has 0 saturated carbocycles. The molecule has 0 radical (unpaired) electrons. The monoisotopic (exact) mass is 276 g/mol. The van der Waals surface area contributed by atoms with Crippen molar-refractivity contribution in [1.29, 1.82) is 0 Å². The molecule has 1 saturated heterocycles. The van der Waals surface area contributed by atoms with Crippen LogP contribution in [0.4, 0.5) is 0 Å². The molecule has 2 unspecified atom stereocenters. The van der Waals surface area contributed by atoms with Crippen LogP contribution >= 0.6 is 0 Å². The Balaban J connectivity index is 1.77. The minimum Gasteiger partial charge on any atom is -0.349 e. The summed E-state index contributed by atoms with van der Waals surface area (Å²) >= 11 is 0. The highest BCUT2D eigenvalue weighted by molar-refractivity contribution is 5.83. The Bertz CT molecular complexity index is 502. The minimum absolute atomic E-state index is 0.143. The van der Waals surface area contributed by atoms with Gasteiger partial charge < -0.3 is 10.6 Å². The maximum atomic E-state index is 12.7. The van der Waals surface area contributed by atoms with E-state index in [1.54, 1.807) is 0 Å². The van der Waals surface area contributed by atoms with Crippen molar-refractivity contribution in [2.75, 3.05) is 13.1 Å². The molecule has 2 heterocycles. The molecule has 1 fully saturated rings. The summed E-state index contributed by atoms with van der Waals surface area (Å²) in [6.45, 7) is 3.87. The van der Waals surface area contributed by atoms with Crippen LogP contribution < -0.4 is 10.6 Å². The van der Waals surface area contributed by atoms with E-state index in [9.17, 15) is 4.79 Å². The van der Waals surface area contributed by atoms with Gasteiger partial charge in [-0.2, -0.15) is 5.10 Å². The van der Waals surface area contributed by atoms with E-state index in [0.29, 0.717) is 0 Å². The van der Waals surface area contributed by atoms with Gasteiger partial charge in [-0.15, -0.1) is 0 Å². The molecule has 1 aromatic heterocycles. The van der Waals surface area contributed by atoms with Crippen molar-refractivity contribution in [3.05, 3.63) is 17.5 Å². The zero-order valence-electron chi connectivity index (χ0n) is 12.4. The normalized spacial score (nSPS) is 29.2. The molecular weight excluding hydrogens is 252 g/mol. The van der Waals surface area contributed by atoms with Gasteiger partial charge in [-0.05, 0) is 38.6 Å². The van der Waals surface area contributed by atoms with E-state index in [-0.39, 0.29) is 17.4 Å². The van der Waals surface area contributed by atoms with Gasteiger partial charge in [-0.1, -0.05) is 6.92 Å². The Kier molecular flexibility index (Phi) is 3.54. The lowest BCUT2D eigenvalue weighted by atomic mass is 9.82. The first kappa shape index (κ1) is 13.6. The van der Waals surface area contributed by atoms with Crippen LogP contribution in [0.3, 0.4) is 0 Å². The Morgan fingerprint density at radius 3 is 3.20 bits per heavy atom. The molecule has 2 N–H and O–H groups in total. The number of aromatic nitrogens is 2. The van der Waals surface area contributed by atoms with Gasteiger partial charge in [-0.3, -0.25) is 9.48 Å². The van der Waals surface area contributed by atoms with Crippen molar-refractivity contribution in [2.24, 2.45) is 12.5 Å². The number of rotatable bonds is 3. The van der Waals surface area contributed by atoms with E-state index < -0.39 is 0 Å². The molecule has 110 valence electrons. The molecule has 2 aliphatic rings. The molecule has 3 rings (SSSR count). The van der Waals surface area contributed by atoms with E-state index >= 15 is 0 Å². The fourth-order valence-electron chi connectivity index (χ4n) is 3.57. The molecule has 5 nitrogen and oxygen atoms in total. The quantitative estimate of drug-likeness (QED) is 0.875. The number of amides is 1. The van der Waals surface area contributed by atoms with Crippen LogP contribution in [0.1, 0.15) is 49.9 Å². The van der Waals surface area contributed by atoms with Gasteiger partial charge in [0.1, 0.15) is 0 Å². The number of nitrogens with zero attached hydrogens (tertiary/aromatic N) is 2. The summed E-state index contributed by atoms with van der Waals surface area (Å²) in [7, 11) is 1.98. The predicted molar refractivity (Wildman–Crippen MR) is 77.2 cm³/mol. The van der Waals surface area contributed by atoms with Gasteiger partial charge in [-0.25, -0.2) is 0 Å². The molecular formula is C15H24N4O. The van der Waals surface area contributed by atoms with Crippen molar-refractivity contribution in [2.45, 2.75) is 45.1 Å². The van der Waals surface area contributed by atoms with Crippen molar-refractivity contribution in [1.82, 2.24) is 20.4 Å². The molecule has 1 aromatic rings. The summed E-state index contributed by atoms with van der Waals surface area (Å²) in [5.74, 6) is 0.215. The lowest BCUT2D eigenvalue weighted by molar-refractivity contribution is -0.131. The summed E-state index contributed by atoms with van der Waals surface area (Å²) in [5.41, 5.74) is 2.28. The first-order valence-corrected chi connectivity index (χ1v) is 7.69. The van der Waals surface area contributed by atoms with E-state index in [1.807, 2.05) is 17.9 Å². The Hall–Kier alpha value is -1.36. The third-order valence-corrected chi connectivity index (χ3v) is 5.08. The van der Waals surface area contributed by atoms with Gasteiger partial charge in [0.2, 0.25) is 5.91 Å². The zero-order valence-corrected chi connectivity index (χ0v) is 12.4. The average molecular weight is 276 g/mol. The van der Waals surface area contributed by atoms with Crippen molar-refractivity contribution in [3.8, 4) is 0 Å². The maximum absolute atomic E-state index is 12.7. The molecule has 0 aromatic carbocycles. The zero-order chi connectivity index (χ0) is 14.2. The molecule has 1 aliphatic heterocycles. The van der Waals surface area contributed by atoms with Gasteiger partial charge in [0.15, 0.2) is 0 Å². The second-order valence-corrected chi connectivity index (χ2v) is 6.15. The fourth-order valence-corrected chi connectivity index (χ4v) is 3.57. The minimum atomic E-state index is -0.209. The molecule has 1 aliphatic carbocycles. The SMILES string of the molecule is CCC1(C(=O)NC2CCCc3c2cnn3C)CCNC1. The van der Waals surface area contributed by atoms with Crippen LogP contribution in [0.25, 0.3) is 0 Å². The van der Waals surface area contributed by atoms with E-state index in [2.05, 4.69) is 22.7 Å². The number of fused-ring (bicyclic) bond motifs is 1. The van der Waals surface area contributed by atoms with Gasteiger partial charge in [0, 0.05) is 24.8 Å². The number of carbonyl (C=O) groups excluding carboxylic acids is 1. The van der Waals surface area contributed by atoms with Crippen LogP contribution in [0, 0.1) is 5.41 Å². The average Bonchev–Trinajstić information content (AvgIpc) is 3.08. The van der Waals surface area contributed by atoms with Crippen LogP contribution in [0.5, 0.6) is 0 Å². The lowest BCUT2D eigenvalue weighted by Crippen LogP contribution is -2.44. The fraction of sp³-hybridized carbons (Fsp3) is 0.733. The molecule has 2 atom stereocenters. The van der Waals surface area contributed by atoms with E-state index in [0.717, 1.165) is 45.2 Å². The summed E-state index contributed by atoms with van der Waals surface area (Å²) in [6, 6.07) is 0.143. The highest BCUT2D eigenvalue weighted by Gasteiger charge is 2.40. The predicted octanol–water partition coefficient (Wildman–Crippen LogP) is 1.30. The second kappa shape index (κ2) is 5.20. The first-order chi connectivity index (χ1) is 9.66. The third kappa shape index (κ3) is 2.14. The second-order valence-electron chi connectivity index (χ2n) is 6.15. The Morgan fingerprint density at radius 1 is 1.65 bits per heavy atom. The Morgan fingerprint density at radius 2 is 2.50 bits per heavy atom. The molecule has 5 heteroatoms. The van der Waals surface area contributed by atoms with Crippen LogP contribution in [-0.4, -0.2) is 28.8 Å². The summed E-state index contributed by atoms with van der Waals surface area (Å²) in [4.78, 5) is 12.7. The standard InChI is InChI=1S/C15H24N4O/c1-3-15(7-8-16-10-15)14(20)18-12-5-4-6-13-11(12)9-17-19(13)2/h9,12,16H,3-8,10H2,1-2H3,(H,18,20). The number of hydrogen-bond acceptors (Lipinski definition) is 3. The smallest absolute Gasteiger partial charge is 0.228 e. The lowest BCUT2D eigenvalue weighted by Gasteiger charge is -2.30. The molecule has 0 spiro atoms. The molecule has 0 bridgehead atoms. The largest absolute Gasteiger partial charge is 0.349 e. The van der Waals surface area contributed by atoms with Crippen LogP contribution in [0.2, 0.25) is 0 Å². The summed E-state index contributed by atoms with van der Waals surface area (Å²) in [5, 5.41) is 11.0. The van der Waals surface area contributed by atoms with E-state index in [4.69, 9.17) is 0 Å². The van der Waals surface area contributed by atoms with Crippen molar-refractivity contribution in [3.63, 3.8) is 0 Å². The van der Waals surface area contributed by atoms with Crippen molar-refractivity contribution < 1.29 is 4.79 Å². The summed E-state index contributed by atoms with van der Waals surface area (Å²) < 4.78 is 1.94. The third-order valence-electron chi connectivity index (χ3n) is 5.08. The van der Waals surface area contributed by atoms with Gasteiger partial charge in [0.25, 0.3) is 0 Å².